The van der Waals surface area contributed by atoms with Gasteiger partial charge in [-0.25, -0.2) is 0 Å². The third kappa shape index (κ3) is 0.718. The van der Waals surface area contributed by atoms with E-state index in [4.69, 9.17) is 14.0 Å². The van der Waals surface area contributed by atoms with Gasteiger partial charge in [0.15, 0.2) is 5.60 Å². The minimum Gasteiger partial charge on any atom is -0.387 e. The third-order valence-electron chi connectivity index (χ3n) is 2.54. The van der Waals surface area contributed by atoms with Crippen LogP contribution in [0.5, 0.6) is 0 Å². The fourth-order valence-electron chi connectivity index (χ4n) is 1.13. The zero-order chi connectivity index (χ0) is 9.20. The number of hydrogen-bond donors (Lipinski definition) is 2. The monoisotopic (exact) mass is 174 g/mol. The summed E-state index contributed by atoms with van der Waals surface area (Å²) in [6, 6.07) is 0. The van der Waals surface area contributed by atoms with Crippen molar-refractivity contribution in [2.45, 2.75) is 37.9 Å². The largest absolute Gasteiger partial charge is 0.651 e. The summed E-state index contributed by atoms with van der Waals surface area (Å²) >= 11 is 0. The van der Waals surface area contributed by atoms with Crippen LogP contribution in [0.15, 0.2) is 0 Å². The fourth-order valence-corrected chi connectivity index (χ4v) is 1.13. The predicted molar refractivity (Wildman–Crippen MR) is 38.7 cm³/mol. The van der Waals surface area contributed by atoms with Crippen LogP contribution in [0.2, 0.25) is 0 Å². The van der Waals surface area contributed by atoms with Crippen molar-refractivity contribution < 1.29 is 24.2 Å². The summed E-state index contributed by atoms with van der Waals surface area (Å²) in [4.78, 5) is 0. The van der Waals surface area contributed by atoms with Crippen molar-refractivity contribution >= 4 is 7.32 Å². The Hall–Kier alpha value is -0.135. The highest BCUT2D eigenvalue weighted by atomic mass is 17.1. The summed E-state index contributed by atoms with van der Waals surface area (Å²) in [5, 5.41) is 19.4. The van der Waals surface area contributed by atoms with Gasteiger partial charge in [0.25, 0.3) is 5.97 Å². The molecule has 0 amide bonds. The molecule has 3 rings (SSSR count). The van der Waals surface area contributed by atoms with Gasteiger partial charge in [0.05, 0.1) is 5.60 Å². The number of aliphatic hydroxyl groups is 2. The molecule has 1 atom stereocenters. The van der Waals surface area contributed by atoms with Crippen LogP contribution in [0.25, 0.3) is 0 Å². The Labute approximate surface area is 70.4 Å². The van der Waals surface area contributed by atoms with E-state index >= 15 is 0 Å². The van der Waals surface area contributed by atoms with Gasteiger partial charge in [-0.3, -0.25) is 0 Å². The van der Waals surface area contributed by atoms with Crippen LogP contribution in [-0.4, -0.2) is 34.7 Å². The maximum absolute atomic E-state index is 9.84. The molecule has 6 heteroatoms. The van der Waals surface area contributed by atoms with Crippen molar-refractivity contribution in [2.24, 2.45) is 0 Å². The van der Waals surface area contributed by atoms with E-state index in [0.29, 0.717) is 0 Å². The van der Waals surface area contributed by atoms with Crippen LogP contribution < -0.4 is 0 Å². The minimum atomic E-state index is -1.57. The van der Waals surface area contributed by atoms with Crippen molar-refractivity contribution in [3.05, 3.63) is 0 Å². The average molecular weight is 174 g/mol. The Morgan fingerprint density at radius 3 is 1.58 bits per heavy atom. The van der Waals surface area contributed by atoms with Crippen LogP contribution in [0.4, 0.5) is 0 Å². The standard InChI is InChI=1S/C6H11BO5/c1-4(2,8)5(3,9)6-10-7(11-6)12-6/h8-9H,1-3H3. The van der Waals surface area contributed by atoms with Gasteiger partial charge in [0.1, 0.15) is 0 Å². The van der Waals surface area contributed by atoms with E-state index in [2.05, 4.69) is 0 Å². The second-order valence-electron chi connectivity index (χ2n) is 3.83. The fraction of sp³-hybridized carbons (Fsp3) is 1.00. The van der Waals surface area contributed by atoms with Gasteiger partial charge in [0, 0.05) is 0 Å². The summed E-state index contributed by atoms with van der Waals surface area (Å²) < 4.78 is 14.9. The predicted octanol–water partition coefficient (Wildman–Crippen LogP) is -0.776. The Morgan fingerprint density at radius 2 is 1.50 bits per heavy atom. The van der Waals surface area contributed by atoms with Gasteiger partial charge in [0.2, 0.25) is 0 Å². The molecule has 68 valence electrons. The van der Waals surface area contributed by atoms with Gasteiger partial charge in [-0.15, -0.1) is 0 Å². The van der Waals surface area contributed by atoms with Gasteiger partial charge in [-0.2, -0.15) is 0 Å². The maximum Gasteiger partial charge on any atom is 0.651 e. The molecule has 2 N–H and O–H groups in total. The topological polar surface area (TPSA) is 68.2 Å². The van der Waals surface area contributed by atoms with E-state index in [1.807, 2.05) is 0 Å². The van der Waals surface area contributed by atoms with E-state index < -0.39 is 24.5 Å². The highest BCUT2D eigenvalue weighted by Crippen LogP contribution is 2.52. The molecule has 0 aromatic rings. The first-order valence-electron chi connectivity index (χ1n) is 3.77. The van der Waals surface area contributed by atoms with Crippen molar-refractivity contribution in [1.82, 2.24) is 0 Å². The molecule has 0 aromatic heterocycles. The molecule has 2 bridgehead atoms. The molecule has 12 heavy (non-hydrogen) atoms. The molecule has 0 aromatic carbocycles. The summed E-state index contributed by atoms with van der Waals surface area (Å²) in [5.74, 6) is -1.45. The molecule has 3 saturated heterocycles. The number of hydrogen-bond acceptors (Lipinski definition) is 5. The zero-order valence-electron chi connectivity index (χ0n) is 7.20. The van der Waals surface area contributed by atoms with Crippen LogP contribution in [0.1, 0.15) is 20.8 Å². The first kappa shape index (κ1) is 8.46. The van der Waals surface area contributed by atoms with Crippen molar-refractivity contribution in [1.29, 1.82) is 0 Å². The third-order valence-corrected chi connectivity index (χ3v) is 2.54. The molecule has 3 aliphatic heterocycles. The van der Waals surface area contributed by atoms with Crippen molar-refractivity contribution in [3.63, 3.8) is 0 Å². The highest BCUT2D eigenvalue weighted by molar-refractivity contribution is 6.43. The highest BCUT2D eigenvalue weighted by Gasteiger charge is 2.79. The molecule has 0 radical (unpaired) electrons. The van der Waals surface area contributed by atoms with Gasteiger partial charge in [-0.05, 0) is 20.8 Å². The molecule has 0 saturated carbocycles. The Kier molecular flexibility index (Phi) is 1.31. The first-order valence-corrected chi connectivity index (χ1v) is 3.77. The molecule has 3 fully saturated rings. The zero-order valence-corrected chi connectivity index (χ0v) is 7.20. The van der Waals surface area contributed by atoms with Gasteiger partial charge >= 0.3 is 7.32 Å². The normalized spacial score (nSPS) is 30.2. The maximum atomic E-state index is 9.84. The average Bonchev–Trinajstić information content (AvgIpc) is 1.48. The molecule has 3 heterocycles. The molecular formula is C6H11BO5. The number of rotatable bonds is 2. The van der Waals surface area contributed by atoms with Crippen LogP contribution in [0, 0.1) is 0 Å². The second kappa shape index (κ2) is 1.86. The van der Waals surface area contributed by atoms with E-state index in [9.17, 15) is 10.2 Å². The molecular weight excluding hydrogens is 163 g/mol. The quantitative estimate of drug-likeness (QED) is 0.537. The summed E-state index contributed by atoms with van der Waals surface area (Å²) in [7, 11) is -0.654. The van der Waals surface area contributed by atoms with Crippen LogP contribution in [-0.2, 0) is 14.0 Å². The van der Waals surface area contributed by atoms with Crippen LogP contribution in [0.3, 0.4) is 0 Å². The van der Waals surface area contributed by atoms with Crippen molar-refractivity contribution in [2.75, 3.05) is 0 Å². The van der Waals surface area contributed by atoms with Crippen LogP contribution >= 0.6 is 0 Å². The molecule has 0 aliphatic carbocycles. The van der Waals surface area contributed by atoms with E-state index in [0.717, 1.165) is 0 Å². The Bertz CT molecular complexity index is 203. The smallest absolute Gasteiger partial charge is 0.387 e. The Morgan fingerprint density at radius 1 is 1.08 bits per heavy atom. The lowest BCUT2D eigenvalue weighted by molar-refractivity contribution is -0.524. The molecule has 3 aliphatic rings. The molecule has 0 spiro atoms. The SMILES string of the molecule is CC(C)(O)C(C)(O)C12OB(O1)O2. The lowest BCUT2D eigenvalue weighted by Crippen LogP contribution is -2.86. The van der Waals surface area contributed by atoms with E-state index in [1.165, 1.54) is 20.8 Å². The van der Waals surface area contributed by atoms with Gasteiger partial charge in [-0.1, -0.05) is 0 Å². The van der Waals surface area contributed by atoms with Crippen molar-refractivity contribution in [3.8, 4) is 0 Å². The van der Waals surface area contributed by atoms with E-state index in [-0.39, 0.29) is 0 Å². The first-order chi connectivity index (χ1) is 5.29. The molecule has 5 nitrogen and oxygen atoms in total. The lowest BCUT2D eigenvalue weighted by Gasteiger charge is -2.63. The Balaban J connectivity index is 2.20. The minimum absolute atomic E-state index is 0.654. The second-order valence-corrected chi connectivity index (χ2v) is 3.83. The molecule has 1 unspecified atom stereocenters. The van der Waals surface area contributed by atoms with E-state index in [1.54, 1.807) is 0 Å². The summed E-state index contributed by atoms with van der Waals surface area (Å²) in [6.45, 7) is 4.33. The summed E-state index contributed by atoms with van der Waals surface area (Å²) in [6.07, 6.45) is 0. The van der Waals surface area contributed by atoms with Gasteiger partial charge < -0.3 is 24.2 Å². The lowest BCUT2D eigenvalue weighted by atomic mass is 9.79. The summed E-state index contributed by atoms with van der Waals surface area (Å²) in [5.41, 5.74) is -2.92.